The first kappa shape index (κ1) is 35.9. The average molecular weight is 731 g/mol. The van der Waals surface area contributed by atoms with Gasteiger partial charge in [0.1, 0.15) is 12.1 Å². The lowest BCUT2D eigenvalue weighted by Gasteiger charge is -2.28. The maximum absolute atomic E-state index is 13.9. The van der Waals surface area contributed by atoms with Crippen LogP contribution in [0.15, 0.2) is 69.2 Å². The average Bonchev–Trinajstić information content (AvgIpc) is 3.72. The molecule has 0 aromatic heterocycles. The van der Waals surface area contributed by atoms with Crippen LogP contribution in [0.3, 0.4) is 0 Å². The molecule has 1 aliphatic carbocycles. The number of sulfonamides is 1. The molecule has 3 aliphatic rings. The minimum Gasteiger partial charge on any atom is -0.489 e. The molecular formula is C32H35Cl2F2N3O8S. The van der Waals surface area contributed by atoms with E-state index in [9.17, 15) is 32.0 Å². The first-order valence-electron chi connectivity index (χ1n) is 15.2. The van der Waals surface area contributed by atoms with Crippen LogP contribution in [0, 0.1) is 5.92 Å². The van der Waals surface area contributed by atoms with E-state index in [-0.39, 0.29) is 76.4 Å². The van der Waals surface area contributed by atoms with Crippen molar-refractivity contribution >= 4 is 45.1 Å². The van der Waals surface area contributed by atoms with Crippen molar-refractivity contribution in [2.45, 2.75) is 55.8 Å². The van der Waals surface area contributed by atoms with E-state index in [1.54, 1.807) is 14.1 Å². The fourth-order valence-corrected chi connectivity index (χ4v) is 7.78. The lowest BCUT2D eigenvalue weighted by molar-refractivity contribution is -0.153. The highest BCUT2D eigenvalue weighted by Crippen LogP contribution is 2.40. The number of benzene rings is 2. The van der Waals surface area contributed by atoms with E-state index in [1.165, 1.54) is 53.6 Å². The van der Waals surface area contributed by atoms with Crippen molar-refractivity contribution in [1.82, 2.24) is 14.3 Å². The Morgan fingerprint density at radius 3 is 2.50 bits per heavy atom. The van der Waals surface area contributed by atoms with Crippen molar-refractivity contribution in [3.05, 3.63) is 75.4 Å². The number of hydrogen-bond donors (Lipinski definition) is 1. The van der Waals surface area contributed by atoms with E-state index < -0.39 is 34.7 Å². The van der Waals surface area contributed by atoms with Crippen molar-refractivity contribution in [3.63, 3.8) is 0 Å². The number of carbonyl (C=O) groups is 2. The fourth-order valence-electron chi connectivity index (χ4n) is 5.43. The van der Waals surface area contributed by atoms with E-state index >= 15 is 0 Å². The Morgan fingerprint density at radius 2 is 1.83 bits per heavy atom. The lowest BCUT2D eigenvalue weighted by Crippen LogP contribution is -2.41. The van der Waals surface area contributed by atoms with Gasteiger partial charge in [0.2, 0.25) is 10.0 Å². The molecule has 0 radical (unpaired) electrons. The maximum Gasteiger partial charge on any atom is 0.387 e. The number of halogens is 4. The normalized spacial score (nSPS) is 19.3. The number of rotatable bonds is 13. The summed E-state index contributed by atoms with van der Waals surface area (Å²) in [5.41, 5.74) is 0.849. The second kappa shape index (κ2) is 15.0. The molecule has 1 N–H and O–H groups in total. The van der Waals surface area contributed by atoms with Gasteiger partial charge in [-0.05, 0) is 73.1 Å². The highest BCUT2D eigenvalue weighted by molar-refractivity contribution is 7.89. The summed E-state index contributed by atoms with van der Waals surface area (Å²) in [5.74, 6) is -1.14. The number of allylic oxidation sites excluding steroid dienone is 1. The molecule has 1 amide bonds. The largest absolute Gasteiger partial charge is 0.489 e. The molecule has 0 bridgehead atoms. The van der Waals surface area contributed by atoms with Crippen LogP contribution >= 0.6 is 23.2 Å². The van der Waals surface area contributed by atoms with Gasteiger partial charge in [-0.3, -0.25) is 19.9 Å². The van der Waals surface area contributed by atoms with Crippen LogP contribution in [-0.2, 0) is 19.6 Å². The summed E-state index contributed by atoms with van der Waals surface area (Å²) in [5, 5.41) is 11.0. The summed E-state index contributed by atoms with van der Waals surface area (Å²) in [7, 11) is -1.14. The molecule has 5 rings (SSSR count). The second-order valence-electron chi connectivity index (χ2n) is 11.9. The van der Waals surface area contributed by atoms with Crippen LogP contribution in [0.25, 0.3) is 0 Å². The Kier molecular flexibility index (Phi) is 11.2. The number of ether oxygens (including phenoxy) is 3. The van der Waals surface area contributed by atoms with Crippen molar-refractivity contribution in [2.24, 2.45) is 5.92 Å². The van der Waals surface area contributed by atoms with Crippen molar-refractivity contribution < 1.29 is 46.2 Å². The van der Waals surface area contributed by atoms with Crippen LogP contribution in [0.1, 0.15) is 54.1 Å². The number of alkyl halides is 2. The third kappa shape index (κ3) is 8.40. The Bertz CT molecular complexity index is 1720. The smallest absolute Gasteiger partial charge is 0.387 e. The number of esters is 1. The molecule has 16 heteroatoms. The number of hydroxylamine groups is 2. The molecule has 1 saturated carbocycles. The minimum absolute atomic E-state index is 0.0184. The van der Waals surface area contributed by atoms with Crippen LogP contribution in [0.5, 0.6) is 11.5 Å². The monoisotopic (exact) mass is 729 g/mol. The molecular weight excluding hydrogens is 695 g/mol. The van der Waals surface area contributed by atoms with E-state index in [0.29, 0.717) is 17.6 Å². The Labute approximate surface area is 287 Å². The Hall–Kier alpha value is -3.43. The highest BCUT2D eigenvalue weighted by atomic mass is 35.5. The van der Waals surface area contributed by atoms with E-state index in [1.807, 2.05) is 0 Å². The number of carbonyl (C=O) groups excluding carboxylic acids is 2. The zero-order valence-corrected chi connectivity index (χ0v) is 28.5. The van der Waals surface area contributed by atoms with Crippen molar-refractivity contribution in [3.8, 4) is 11.5 Å². The second-order valence-corrected chi connectivity index (χ2v) is 14.7. The van der Waals surface area contributed by atoms with Crippen LogP contribution in [0.4, 0.5) is 8.78 Å². The van der Waals surface area contributed by atoms with Gasteiger partial charge in [-0.15, -0.1) is 0 Å². The van der Waals surface area contributed by atoms with Gasteiger partial charge in [0.15, 0.2) is 11.5 Å². The van der Waals surface area contributed by atoms with Gasteiger partial charge in [0.05, 0.1) is 23.1 Å². The third-order valence-corrected chi connectivity index (χ3v) is 10.7. The number of nitrogens with zero attached hydrogens (tertiary/aromatic N) is 3. The first-order valence-corrected chi connectivity index (χ1v) is 17.4. The van der Waals surface area contributed by atoms with Crippen LogP contribution < -0.4 is 9.47 Å². The predicted octanol–water partition coefficient (Wildman–Crippen LogP) is 5.88. The summed E-state index contributed by atoms with van der Waals surface area (Å²) >= 11 is 12.9. The summed E-state index contributed by atoms with van der Waals surface area (Å²) in [6.07, 6.45) is 2.44. The molecule has 48 heavy (non-hydrogen) atoms. The summed E-state index contributed by atoms with van der Waals surface area (Å²) < 4.78 is 71.6. The van der Waals surface area contributed by atoms with Gasteiger partial charge in [-0.25, -0.2) is 8.42 Å². The van der Waals surface area contributed by atoms with Crippen molar-refractivity contribution in [2.75, 3.05) is 33.8 Å². The highest BCUT2D eigenvalue weighted by Gasteiger charge is 2.42. The van der Waals surface area contributed by atoms with Crippen LogP contribution in [0.2, 0.25) is 0 Å². The number of hydrogen-bond acceptors (Lipinski definition) is 9. The van der Waals surface area contributed by atoms with Gasteiger partial charge < -0.3 is 19.1 Å². The SMILES string of the molecule is CN(C)C(=O)c1cccc(S(=O)(=O)N2CCC[C@@H]2C(=O)O[C@H](CC2=C(Cl)CN(O)C=C2Cl)c2ccc(OC(F)F)c(OCC3CC3)c2)c1. The standard InChI is InChI=1S/C32H35Cl2F2N3O8S/c1-37(2)30(40)21-5-3-6-22(13-21)48(43,44)39-12-4-7-26(39)31(41)46-28(15-23-24(33)16-38(42)17-25(23)34)20-10-11-27(47-32(35)36)29(14-20)45-18-19-8-9-19/h3,5-6,10-11,13-14,16,19,26,28,32,42H,4,7-9,12,15,17-18H2,1-2H3/t26-,28-/m1/s1. The van der Waals surface area contributed by atoms with Gasteiger partial charge in [-0.2, -0.15) is 13.1 Å². The van der Waals surface area contributed by atoms with Gasteiger partial charge in [0, 0.05) is 43.9 Å². The van der Waals surface area contributed by atoms with Crippen LogP contribution in [-0.4, -0.2) is 86.2 Å². The lowest BCUT2D eigenvalue weighted by atomic mass is 9.99. The maximum atomic E-state index is 13.9. The Balaban J connectivity index is 1.46. The zero-order valence-electron chi connectivity index (χ0n) is 26.2. The fraction of sp³-hybridized carbons (Fsp3) is 0.438. The first-order chi connectivity index (χ1) is 22.7. The van der Waals surface area contributed by atoms with E-state index in [4.69, 9.17) is 32.7 Å². The predicted molar refractivity (Wildman–Crippen MR) is 171 cm³/mol. The third-order valence-electron chi connectivity index (χ3n) is 8.12. The summed E-state index contributed by atoms with van der Waals surface area (Å²) in [6.45, 7) is -2.88. The zero-order chi connectivity index (χ0) is 34.7. The van der Waals surface area contributed by atoms with Crippen molar-refractivity contribution in [1.29, 1.82) is 0 Å². The minimum atomic E-state index is -4.24. The molecule has 2 atom stereocenters. The topological polar surface area (TPSA) is 126 Å². The molecule has 0 spiro atoms. The van der Waals surface area contributed by atoms with Gasteiger partial charge in [0.25, 0.3) is 5.91 Å². The van der Waals surface area contributed by atoms with E-state index in [0.717, 1.165) is 22.2 Å². The van der Waals surface area contributed by atoms with E-state index in [2.05, 4.69) is 4.74 Å². The number of amides is 1. The molecule has 2 aromatic rings. The summed E-state index contributed by atoms with van der Waals surface area (Å²) in [6, 6.07) is 8.53. The summed E-state index contributed by atoms with van der Waals surface area (Å²) in [4.78, 5) is 27.6. The molecule has 260 valence electrons. The quantitative estimate of drug-likeness (QED) is 0.252. The molecule has 11 nitrogen and oxygen atoms in total. The van der Waals surface area contributed by atoms with Gasteiger partial charge in [-0.1, -0.05) is 35.3 Å². The molecule has 1 saturated heterocycles. The molecule has 2 heterocycles. The van der Waals surface area contributed by atoms with Gasteiger partial charge >= 0.3 is 12.6 Å². The molecule has 2 fully saturated rings. The molecule has 2 aromatic carbocycles. The Morgan fingerprint density at radius 1 is 1.08 bits per heavy atom. The molecule has 0 unspecified atom stereocenters. The molecule has 2 aliphatic heterocycles.